The minimum absolute atomic E-state index is 0.0184. The summed E-state index contributed by atoms with van der Waals surface area (Å²) >= 11 is 0. The molecule has 7 heteroatoms. The van der Waals surface area contributed by atoms with Gasteiger partial charge in [-0.1, -0.05) is 5.16 Å². The molecule has 3 rings (SSSR count). The number of benzene rings is 1. The summed E-state index contributed by atoms with van der Waals surface area (Å²) in [7, 11) is 1.61. The number of ether oxygens (including phenoxy) is 2. The fraction of sp³-hybridized carbons (Fsp3) is 0.500. The van der Waals surface area contributed by atoms with Crippen LogP contribution in [-0.2, 0) is 20.7 Å². The van der Waals surface area contributed by atoms with Crippen LogP contribution in [0.1, 0.15) is 25.5 Å². The van der Waals surface area contributed by atoms with E-state index in [1.807, 2.05) is 13.0 Å². The summed E-state index contributed by atoms with van der Waals surface area (Å²) in [5.41, 5.74) is 0.797. The van der Waals surface area contributed by atoms with Gasteiger partial charge in [-0.3, -0.25) is 4.79 Å². The summed E-state index contributed by atoms with van der Waals surface area (Å²) in [4.78, 5) is 13.0. The van der Waals surface area contributed by atoms with E-state index in [0.29, 0.717) is 50.5 Å². The monoisotopic (exact) mass is 376 g/mol. The van der Waals surface area contributed by atoms with Crippen LogP contribution in [0.4, 0.5) is 4.39 Å². The molecule has 27 heavy (non-hydrogen) atoms. The lowest BCUT2D eigenvalue weighted by molar-refractivity contribution is -0.138. The van der Waals surface area contributed by atoms with Crippen LogP contribution in [0.5, 0.6) is 0 Å². The first-order valence-electron chi connectivity index (χ1n) is 9.11. The van der Waals surface area contributed by atoms with Crippen LogP contribution in [0.15, 0.2) is 34.9 Å². The van der Waals surface area contributed by atoms with Crippen LogP contribution in [0.2, 0.25) is 0 Å². The molecule has 1 aromatic carbocycles. The Balaban J connectivity index is 1.76. The molecule has 1 saturated heterocycles. The van der Waals surface area contributed by atoms with Crippen molar-refractivity contribution in [1.82, 2.24) is 10.5 Å². The highest BCUT2D eigenvalue weighted by Crippen LogP contribution is 2.36. The van der Waals surface area contributed by atoms with Gasteiger partial charge < -0.3 is 19.3 Å². The number of amides is 1. The average molecular weight is 376 g/mol. The Morgan fingerprint density at radius 1 is 1.33 bits per heavy atom. The van der Waals surface area contributed by atoms with Gasteiger partial charge in [0.1, 0.15) is 17.3 Å². The van der Waals surface area contributed by atoms with Gasteiger partial charge in [-0.15, -0.1) is 0 Å². The molecule has 1 unspecified atom stereocenters. The molecule has 1 atom stereocenters. The highest BCUT2D eigenvalue weighted by Gasteiger charge is 2.41. The Morgan fingerprint density at radius 2 is 2.04 bits per heavy atom. The third-order valence-corrected chi connectivity index (χ3v) is 4.94. The van der Waals surface area contributed by atoms with E-state index in [4.69, 9.17) is 14.0 Å². The molecule has 0 radical (unpaired) electrons. The number of carbonyl (C=O) groups is 1. The second-order valence-corrected chi connectivity index (χ2v) is 7.08. The van der Waals surface area contributed by atoms with Crippen LogP contribution in [-0.4, -0.2) is 44.0 Å². The first-order chi connectivity index (χ1) is 13.0. The van der Waals surface area contributed by atoms with E-state index >= 15 is 0 Å². The lowest BCUT2D eigenvalue weighted by atomic mass is 9.75. The quantitative estimate of drug-likeness (QED) is 0.804. The number of rotatable bonds is 7. The van der Waals surface area contributed by atoms with Gasteiger partial charge in [-0.05, 0) is 44.0 Å². The topological polar surface area (TPSA) is 73.6 Å². The maximum Gasteiger partial charge on any atom is 0.227 e. The second-order valence-electron chi connectivity index (χ2n) is 7.08. The van der Waals surface area contributed by atoms with E-state index < -0.39 is 5.41 Å². The first kappa shape index (κ1) is 19.5. The minimum Gasteiger partial charge on any atom is -0.383 e. The van der Waals surface area contributed by atoms with Crippen molar-refractivity contribution in [3.63, 3.8) is 0 Å². The van der Waals surface area contributed by atoms with Crippen molar-refractivity contribution in [2.75, 3.05) is 26.9 Å². The molecule has 2 heterocycles. The summed E-state index contributed by atoms with van der Waals surface area (Å²) < 4.78 is 29.2. The van der Waals surface area contributed by atoms with Gasteiger partial charge in [0, 0.05) is 44.4 Å². The smallest absolute Gasteiger partial charge is 0.227 e. The molecule has 0 aliphatic carbocycles. The molecule has 2 aromatic rings. The van der Waals surface area contributed by atoms with Crippen molar-refractivity contribution < 1.29 is 23.2 Å². The third-order valence-electron chi connectivity index (χ3n) is 4.94. The number of aromatic nitrogens is 1. The molecule has 1 aliphatic rings. The van der Waals surface area contributed by atoms with E-state index in [-0.39, 0.29) is 17.8 Å². The maximum absolute atomic E-state index is 13.1. The zero-order valence-corrected chi connectivity index (χ0v) is 15.7. The molecule has 1 fully saturated rings. The fourth-order valence-electron chi connectivity index (χ4n) is 3.40. The minimum atomic E-state index is -0.597. The SMILES string of the molecule is COCC(C)NC(=O)C1(Cc2cc(-c3ccc(F)cc3)no2)CCOCC1. The Bertz CT molecular complexity index is 754. The van der Waals surface area contributed by atoms with Gasteiger partial charge in [-0.25, -0.2) is 4.39 Å². The molecule has 1 amide bonds. The van der Waals surface area contributed by atoms with Crippen molar-refractivity contribution in [3.05, 3.63) is 41.9 Å². The summed E-state index contributed by atoms with van der Waals surface area (Å²) in [6.45, 7) is 3.43. The molecule has 1 N–H and O–H groups in total. The number of hydrogen-bond donors (Lipinski definition) is 1. The van der Waals surface area contributed by atoms with Crippen LogP contribution in [0.3, 0.4) is 0 Å². The summed E-state index contributed by atoms with van der Waals surface area (Å²) in [6, 6.07) is 7.81. The predicted octanol–water partition coefficient (Wildman–Crippen LogP) is 2.97. The lowest BCUT2D eigenvalue weighted by Gasteiger charge is -2.35. The van der Waals surface area contributed by atoms with Crippen LogP contribution < -0.4 is 5.32 Å². The number of hydrogen-bond acceptors (Lipinski definition) is 5. The Hall–Kier alpha value is -2.25. The highest BCUT2D eigenvalue weighted by molar-refractivity contribution is 5.83. The van der Waals surface area contributed by atoms with Gasteiger partial charge in [-0.2, -0.15) is 0 Å². The van der Waals surface area contributed by atoms with Gasteiger partial charge >= 0.3 is 0 Å². The molecular formula is C20H25FN2O4. The van der Waals surface area contributed by atoms with E-state index in [0.717, 1.165) is 5.56 Å². The predicted molar refractivity (Wildman–Crippen MR) is 97.6 cm³/mol. The normalized spacial score (nSPS) is 17.4. The molecule has 1 aliphatic heterocycles. The van der Waals surface area contributed by atoms with E-state index in [1.54, 1.807) is 19.2 Å². The summed E-state index contributed by atoms with van der Waals surface area (Å²) in [5, 5.41) is 7.12. The van der Waals surface area contributed by atoms with Crippen molar-refractivity contribution in [2.24, 2.45) is 5.41 Å². The molecule has 0 saturated carbocycles. The molecule has 0 spiro atoms. The van der Waals surface area contributed by atoms with Gasteiger partial charge in [0.25, 0.3) is 0 Å². The van der Waals surface area contributed by atoms with Gasteiger partial charge in [0.15, 0.2) is 0 Å². The largest absolute Gasteiger partial charge is 0.383 e. The number of halogens is 1. The van der Waals surface area contributed by atoms with Crippen molar-refractivity contribution in [2.45, 2.75) is 32.2 Å². The Labute approximate surface area is 158 Å². The molecular weight excluding hydrogens is 351 g/mol. The Morgan fingerprint density at radius 3 is 2.70 bits per heavy atom. The molecule has 0 bridgehead atoms. The number of nitrogens with one attached hydrogen (secondary N) is 1. The highest BCUT2D eigenvalue weighted by atomic mass is 19.1. The van der Waals surface area contributed by atoms with E-state index in [2.05, 4.69) is 10.5 Å². The van der Waals surface area contributed by atoms with E-state index in [1.165, 1.54) is 12.1 Å². The first-order valence-corrected chi connectivity index (χ1v) is 9.11. The van der Waals surface area contributed by atoms with Crippen LogP contribution >= 0.6 is 0 Å². The third kappa shape index (κ3) is 4.73. The molecule has 1 aromatic heterocycles. The lowest BCUT2D eigenvalue weighted by Crippen LogP contribution is -2.49. The average Bonchev–Trinajstić information content (AvgIpc) is 3.11. The Kier molecular flexibility index (Phi) is 6.23. The zero-order valence-electron chi connectivity index (χ0n) is 15.7. The van der Waals surface area contributed by atoms with Gasteiger partial charge in [0.05, 0.1) is 12.0 Å². The summed E-state index contributed by atoms with van der Waals surface area (Å²) in [5.74, 6) is 0.311. The summed E-state index contributed by atoms with van der Waals surface area (Å²) in [6.07, 6.45) is 1.67. The van der Waals surface area contributed by atoms with Crippen LogP contribution in [0, 0.1) is 11.2 Å². The van der Waals surface area contributed by atoms with Crippen LogP contribution in [0.25, 0.3) is 11.3 Å². The number of methoxy groups -OCH3 is 1. The van der Waals surface area contributed by atoms with Crippen molar-refractivity contribution >= 4 is 5.91 Å². The number of nitrogens with zero attached hydrogens (tertiary/aromatic N) is 1. The van der Waals surface area contributed by atoms with Crippen molar-refractivity contribution in [1.29, 1.82) is 0 Å². The fourth-order valence-corrected chi connectivity index (χ4v) is 3.40. The maximum atomic E-state index is 13.1. The zero-order chi connectivity index (χ0) is 19.3. The second kappa shape index (κ2) is 8.63. The molecule has 146 valence electrons. The standard InChI is InChI=1S/C20H25FN2O4/c1-14(13-25-2)22-19(24)20(7-9-26-10-8-20)12-17-11-18(23-27-17)15-3-5-16(21)6-4-15/h3-6,11,14H,7-10,12-13H2,1-2H3,(H,22,24). The van der Waals surface area contributed by atoms with E-state index in [9.17, 15) is 9.18 Å². The van der Waals surface area contributed by atoms with Gasteiger partial charge in [0.2, 0.25) is 5.91 Å². The number of carbonyl (C=O) groups excluding carboxylic acids is 1. The van der Waals surface area contributed by atoms with Crippen molar-refractivity contribution in [3.8, 4) is 11.3 Å². The molecule has 6 nitrogen and oxygen atoms in total.